The standard InChI is InChI=1S/C11H20N2O.ClH/c1-3-7(2)10(12)11(14)13-5-8-4-9(8)6-13;/h7-10H,3-6,12H2,1-2H3;1H/t7-,8?,9?,10?;/m0./s1. The van der Waals surface area contributed by atoms with Crippen LogP contribution in [0.15, 0.2) is 0 Å². The van der Waals surface area contributed by atoms with Crippen molar-refractivity contribution in [2.45, 2.75) is 32.7 Å². The first-order chi connectivity index (χ1) is 6.63. The molecule has 0 bridgehead atoms. The molecule has 15 heavy (non-hydrogen) atoms. The summed E-state index contributed by atoms with van der Waals surface area (Å²) in [6.45, 7) is 6.07. The van der Waals surface area contributed by atoms with Crippen molar-refractivity contribution in [3.63, 3.8) is 0 Å². The summed E-state index contributed by atoms with van der Waals surface area (Å²) in [6.07, 6.45) is 2.32. The fourth-order valence-electron chi connectivity index (χ4n) is 2.29. The van der Waals surface area contributed by atoms with Gasteiger partial charge in [0.25, 0.3) is 0 Å². The van der Waals surface area contributed by atoms with Crippen LogP contribution in [0, 0.1) is 17.8 Å². The van der Waals surface area contributed by atoms with E-state index >= 15 is 0 Å². The van der Waals surface area contributed by atoms with Crippen LogP contribution in [-0.4, -0.2) is 29.9 Å². The van der Waals surface area contributed by atoms with Crippen molar-refractivity contribution in [2.24, 2.45) is 23.5 Å². The Balaban J connectivity index is 0.00000112. The van der Waals surface area contributed by atoms with Crippen molar-refractivity contribution >= 4 is 18.3 Å². The third-order valence-electron chi connectivity index (χ3n) is 3.83. The molecule has 4 atom stereocenters. The first kappa shape index (κ1) is 12.8. The van der Waals surface area contributed by atoms with Crippen LogP contribution in [0.3, 0.4) is 0 Å². The Morgan fingerprint density at radius 3 is 2.47 bits per heavy atom. The zero-order chi connectivity index (χ0) is 10.3. The third-order valence-corrected chi connectivity index (χ3v) is 3.83. The van der Waals surface area contributed by atoms with Crippen molar-refractivity contribution in [1.82, 2.24) is 4.90 Å². The molecule has 1 saturated carbocycles. The lowest BCUT2D eigenvalue weighted by molar-refractivity contribution is -0.133. The van der Waals surface area contributed by atoms with Crippen molar-refractivity contribution in [3.05, 3.63) is 0 Å². The summed E-state index contributed by atoms with van der Waals surface area (Å²) in [7, 11) is 0. The Morgan fingerprint density at radius 1 is 1.47 bits per heavy atom. The quantitative estimate of drug-likeness (QED) is 0.797. The lowest BCUT2D eigenvalue weighted by Crippen LogP contribution is -2.46. The van der Waals surface area contributed by atoms with Gasteiger partial charge in [0.1, 0.15) is 0 Å². The van der Waals surface area contributed by atoms with Crippen LogP contribution in [0.5, 0.6) is 0 Å². The number of amides is 1. The van der Waals surface area contributed by atoms with Gasteiger partial charge in [0.15, 0.2) is 0 Å². The maximum absolute atomic E-state index is 11.9. The molecule has 88 valence electrons. The molecule has 1 saturated heterocycles. The fourth-order valence-corrected chi connectivity index (χ4v) is 2.29. The van der Waals surface area contributed by atoms with Crippen molar-refractivity contribution < 1.29 is 4.79 Å². The predicted octanol–water partition coefficient (Wildman–Crippen LogP) is 1.26. The molecule has 0 aromatic heterocycles. The molecule has 1 heterocycles. The SMILES string of the molecule is CC[C@H](C)C(N)C(=O)N1CC2CC2C1.Cl. The molecule has 2 N–H and O–H groups in total. The number of nitrogens with zero attached hydrogens (tertiary/aromatic N) is 1. The van der Waals surface area contributed by atoms with Gasteiger partial charge in [0.2, 0.25) is 5.91 Å². The number of rotatable bonds is 3. The molecule has 0 aromatic rings. The minimum absolute atomic E-state index is 0. The van der Waals surface area contributed by atoms with Crippen molar-refractivity contribution in [3.8, 4) is 0 Å². The average Bonchev–Trinajstić information content (AvgIpc) is 2.82. The number of carbonyl (C=O) groups excluding carboxylic acids is 1. The highest BCUT2D eigenvalue weighted by molar-refractivity contribution is 5.85. The average molecular weight is 233 g/mol. The smallest absolute Gasteiger partial charge is 0.239 e. The molecule has 0 radical (unpaired) electrons. The second-order valence-electron chi connectivity index (χ2n) is 4.91. The second kappa shape index (κ2) is 4.71. The first-order valence-corrected chi connectivity index (χ1v) is 5.67. The summed E-state index contributed by atoms with van der Waals surface area (Å²) < 4.78 is 0. The lowest BCUT2D eigenvalue weighted by Gasteiger charge is -2.25. The fraction of sp³-hybridized carbons (Fsp3) is 0.909. The maximum atomic E-state index is 11.9. The van der Waals surface area contributed by atoms with Gasteiger partial charge in [0, 0.05) is 13.1 Å². The van der Waals surface area contributed by atoms with Crippen LogP contribution in [0.1, 0.15) is 26.7 Å². The summed E-state index contributed by atoms with van der Waals surface area (Å²) in [4.78, 5) is 13.9. The molecule has 2 fully saturated rings. The van der Waals surface area contributed by atoms with Crippen LogP contribution in [0.2, 0.25) is 0 Å². The van der Waals surface area contributed by atoms with E-state index in [4.69, 9.17) is 5.73 Å². The van der Waals surface area contributed by atoms with E-state index in [0.717, 1.165) is 31.3 Å². The van der Waals surface area contributed by atoms with E-state index in [1.807, 2.05) is 4.90 Å². The van der Waals surface area contributed by atoms with E-state index in [0.29, 0.717) is 5.92 Å². The van der Waals surface area contributed by atoms with Crippen LogP contribution in [-0.2, 0) is 4.79 Å². The van der Waals surface area contributed by atoms with E-state index < -0.39 is 0 Å². The number of carbonyl (C=O) groups is 1. The van der Waals surface area contributed by atoms with E-state index in [2.05, 4.69) is 13.8 Å². The van der Waals surface area contributed by atoms with Crippen LogP contribution in [0.4, 0.5) is 0 Å². The summed E-state index contributed by atoms with van der Waals surface area (Å²) in [5.74, 6) is 2.09. The zero-order valence-corrected chi connectivity index (χ0v) is 10.3. The van der Waals surface area contributed by atoms with E-state index in [1.54, 1.807) is 0 Å². The van der Waals surface area contributed by atoms with Crippen molar-refractivity contribution in [1.29, 1.82) is 0 Å². The largest absolute Gasteiger partial charge is 0.341 e. The zero-order valence-electron chi connectivity index (χ0n) is 9.48. The van der Waals surface area contributed by atoms with Gasteiger partial charge in [-0.15, -0.1) is 12.4 Å². The maximum Gasteiger partial charge on any atom is 0.239 e. The molecular formula is C11H21ClN2O. The number of hydrogen-bond acceptors (Lipinski definition) is 2. The molecular weight excluding hydrogens is 212 g/mol. The Kier molecular flexibility index (Phi) is 4.01. The van der Waals surface area contributed by atoms with E-state index in [-0.39, 0.29) is 24.4 Å². The summed E-state index contributed by atoms with van der Waals surface area (Å²) in [6, 6.07) is -0.280. The minimum Gasteiger partial charge on any atom is -0.341 e. The molecule has 1 amide bonds. The predicted molar refractivity (Wildman–Crippen MR) is 62.9 cm³/mol. The Bertz CT molecular complexity index is 233. The molecule has 0 aromatic carbocycles. The summed E-state index contributed by atoms with van der Waals surface area (Å²) >= 11 is 0. The number of likely N-dealkylation sites (tertiary alicyclic amines) is 1. The van der Waals surface area contributed by atoms with Crippen molar-refractivity contribution in [2.75, 3.05) is 13.1 Å². The summed E-state index contributed by atoms with van der Waals surface area (Å²) in [5.41, 5.74) is 5.92. The van der Waals surface area contributed by atoms with Gasteiger partial charge < -0.3 is 10.6 Å². The monoisotopic (exact) mass is 232 g/mol. The normalized spacial score (nSPS) is 31.5. The van der Waals surface area contributed by atoms with Crippen LogP contribution in [0.25, 0.3) is 0 Å². The Labute approximate surface area is 97.8 Å². The van der Waals surface area contributed by atoms with Gasteiger partial charge in [-0.05, 0) is 24.2 Å². The highest BCUT2D eigenvalue weighted by Gasteiger charge is 2.47. The molecule has 3 unspecified atom stereocenters. The number of hydrogen-bond donors (Lipinski definition) is 1. The van der Waals surface area contributed by atoms with Crippen LogP contribution < -0.4 is 5.73 Å². The van der Waals surface area contributed by atoms with Gasteiger partial charge in [-0.1, -0.05) is 20.3 Å². The van der Waals surface area contributed by atoms with E-state index in [9.17, 15) is 4.79 Å². The molecule has 4 heteroatoms. The summed E-state index contributed by atoms with van der Waals surface area (Å²) in [5, 5.41) is 0. The van der Waals surface area contributed by atoms with Gasteiger partial charge >= 0.3 is 0 Å². The highest BCUT2D eigenvalue weighted by atomic mass is 35.5. The lowest BCUT2D eigenvalue weighted by atomic mass is 9.99. The number of halogens is 1. The molecule has 3 nitrogen and oxygen atoms in total. The second-order valence-corrected chi connectivity index (χ2v) is 4.91. The Morgan fingerprint density at radius 2 is 2.00 bits per heavy atom. The minimum atomic E-state index is -0.280. The molecule has 1 aliphatic carbocycles. The van der Waals surface area contributed by atoms with Gasteiger partial charge in [0.05, 0.1) is 6.04 Å². The molecule has 2 rings (SSSR count). The Hall–Kier alpha value is -0.280. The first-order valence-electron chi connectivity index (χ1n) is 5.67. The number of fused-ring (bicyclic) bond motifs is 1. The number of nitrogens with two attached hydrogens (primary N) is 1. The van der Waals surface area contributed by atoms with Gasteiger partial charge in [-0.25, -0.2) is 0 Å². The third kappa shape index (κ3) is 2.45. The van der Waals surface area contributed by atoms with E-state index in [1.165, 1.54) is 6.42 Å². The highest BCUT2D eigenvalue weighted by Crippen LogP contribution is 2.45. The molecule has 0 spiro atoms. The van der Waals surface area contributed by atoms with Gasteiger partial charge in [-0.2, -0.15) is 0 Å². The van der Waals surface area contributed by atoms with Gasteiger partial charge in [-0.3, -0.25) is 4.79 Å². The van der Waals surface area contributed by atoms with Crippen LogP contribution >= 0.6 is 12.4 Å². The molecule has 2 aliphatic rings. The topological polar surface area (TPSA) is 46.3 Å². The number of piperidine rings is 1. The molecule has 1 aliphatic heterocycles.